The van der Waals surface area contributed by atoms with Crippen LogP contribution in [0.4, 0.5) is 0 Å². The van der Waals surface area contributed by atoms with Gasteiger partial charge in [0.05, 0.1) is 25.4 Å². The summed E-state index contributed by atoms with van der Waals surface area (Å²) < 4.78 is 11.2. The number of allylic oxidation sites excluding steroid dienone is 6. The van der Waals surface area contributed by atoms with Gasteiger partial charge in [0.25, 0.3) is 0 Å². The zero-order valence-electron chi connectivity index (χ0n) is 57.0. The summed E-state index contributed by atoms with van der Waals surface area (Å²) in [4.78, 5) is 13.3. The average Bonchev–Trinajstić information content (AvgIpc) is 1.97. The van der Waals surface area contributed by atoms with Crippen molar-refractivity contribution < 1.29 is 50.0 Å². The molecule has 1 heterocycles. The molecule has 0 aromatic rings. The van der Waals surface area contributed by atoms with Gasteiger partial charge in [-0.15, -0.1) is 0 Å². The van der Waals surface area contributed by atoms with Crippen molar-refractivity contribution in [3.63, 3.8) is 0 Å². The van der Waals surface area contributed by atoms with Crippen molar-refractivity contribution in [3.8, 4) is 0 Å². The molecule has 514 valence electrons. The van der Waals surface area contributed by atoms with Crippen molar-refractivity contribution >= 4 is 5.91 Å². The van der Waals surface area contributed by atoms with Crippen LogP contribution in [0.15, 0.2) is 36.5 Å². The number of aliphatic hydroxyl groups is 7. The number of carbonyl (C=O) groups is 1. The third kappa shape index (κ3) is 51.5. The Kier molecular flexibility index (Phi) is 61.7. The van der Waals surface area contributed by atoms with E-state index in [1.54, 1.807) is 0 Å². The minimum absolute atomic E-state index is 0.248. The fourth-order valence-electron chi connectivity index (χ4n) is 12.3. The molecule has 1 amide bonds. The van der Waals surface area contributed by atoms with E-state index in [4.69, 9.17) is 9.47 Å². The molecule has 0 saturated carbocycles. The molecule has 9 atom stereocenters. The van der Waals surface area contributed by atoms with E-state index in [1.165, 1.54) is 289 Å². The van der Waals surface area contributed by atoms with Crippen molar-refractivity contribution in [2.75, 3.05) is 13.2 Å². The molecule has 1 saturated heterocycles. The molecule has 0 spiro atoms. The Morgan fingerprint density at radius 2 is 0.690 bits per heavy atom. The second kappa shape index (κ2) is 64.4. The highest BCUT2D eigenvalue weighted by Gasteiger charge is 2.44. The van der Waals surface area contributed by atoms with E-state index < -0.39 is 74.2 Å². The van der Waals surface area contributed by atoms with Crippen LogP contribution in [0.2, 0.25) is 0 Å². The first-order valence-electron chi connectivity index (χ1n) is 37.9. The zero-order chi connectivity index (χ0) is 63.1. The fraction of sp³-hybridized carbons (Fsp3) is 0.908. The van der Waals surface area contributed by atoms with Gasteiger partial charge in [-0.2, -0.15) is 0 Å². The lowest BCUT2D eigenvalue weighted by molar-refractivity contribution is -0.303. The van der Waals surface area contributed by atoms with Crippen molar-refractivity contribution in [2.24, 2.45) is 0 Å². The standard InChI is InChI=1S/C76H145NO10/c1-3-5-7-9-11-13-15-17-19-21-23-25-27-29-31-33-35-37-39-41-43-45-47-49-51-53-55-57-59-61-63-68(79)71(81)67(66-86-76-74(84)73(83)72(82)70(65-78)87-76)77-75(85)69(80)64-62-60-58-56-54-52-50-48-46-44-42-40-38-36-34-32-30-28-26-24-22-20-18-16-14-12-10-8-6-4-2/h30,32,47,49,55,57,67-74,76,78-84H,3-29,31,33-46,48,50-54,56,58-66H2,1-2H3,(H,77,85)/b32-30-,49-47+,57-55+. The third-order valence-corrected chi connectivity index (χ3v) is 18.4. The summed E-state index contributed by atoms with van der Waals surface area (Å²) in [7, 11) is 0. The van der Waals surface area contributed by atoms with Crippen LogP contribution in [0.3, 0.4) is 0 Å². The minimum atomic E-state index is -1.67. The molecule has 8 N–H and O–H groups in total. The first kappa shape index (κ1) is 83.3. The highest BCUT2D eigenvalue weighted by Crippen LogP contribution is 2.24. The van der Waals surface area contributed by atoms with E-state index in [9.17, 15) is 40.5 Å². The van der Waals surface area contributed by atoms with E-state index in [1.807, 2.05) is 0 Å². The van der Waals surface area contributed by atoms with Crippen LogP contribution in [-0.2, 0) is 14.3 Å². The number of hydrogen-bond acceptors (Lipinski definition) is 10. The Morgan fingerprint density at radius 1 is 0.391 bits per heavy atom. The van der Waals surface area contributed by atoms with Crippen LogP contribution < -0.4 is 5.32 Å². The lowest BCUT2D eigenvalue weighted by Crippen LogP contribution is -2.60. The van der Waals surface area contributed by atoms with E-state index in [0.29, 0.717) is 19.3 Å². The number of aliphatic hydroxyl groups excluding tert-OH is 7. The van der Waals surface area contributed by atoms with Gasteiger partial charge in [-0.3, -0.25) is 4.79 Å². The van der Waals surface area contributed by atoms with Crippen molar-refractivity contribution in [1.29, 1.82) is 0 Å². The van der Waals surface area contributed by atoms with Crippen LogP contribution in [0.5, 0.6) is 0 Å². The van der Waals surface area contributed by atoms with Gasteiger partial charge in [0.15, 0.2) is 6.29 Å². The van der Waals surface area contributed by atoms with Gasteiger partial charge < -0.3 is 50.5 Å². The lowest BCUT2D eigenvalue weighted by atomic mass is 9.98. The molecule has 87 heavy (non-hydrogen) atoms. The Labute approximate surface area is 537 Å². The topological polar surface area (TPSA) is 189 Å². The summed E-state index contributed by atoms with van der Waals surface area (Å²) in [5.41, 5.74) is 0. The van der Waals surface area contributed by atoms with Crippen LogP contribution in [-0.4, -0.2) is 110 Å². The summed E-state index contributed by atoms with van der Waals surface area (Å²) in [6.45, 7) is 3.50. The molecule has 0 aromatic carbocycles. The van der Waals surface area contributed by atoms with E-state index in [2.05, 4.69) is 55.6 Å². The molecule has 1 rings (SSSR count). The van der Waals surface area contributed by atoms with Crippen LogP contribution in [0, 0.1) is 0 Å². The van der Waals surface area contributed by atoms with E-state index >= 15 is 0 Å². The van der Waals surface area contributed by atoms with Gasteiger partial charge in [-0.25, -0.2) is 0 Å². The summed E-state index contributed by atoms with van der Waals surface area (Å²) in [5.74, 6) is -0.705. The number of unbranched alkanes of at least 4 members (excludes halogenated alkanes) is 49. The fourth-order valence-corrected chi connectivity index (χ4v) is 12.3. The quantitative estimate of drug-likeness (QED) is 0.0215. The van der Waals surface area contributed by atoms with Crippen molar-refractivity contribution in [1.82, 2.24) is 5.32 Å². The van der Waals surface area contributed by atoms with E-state index in [-0.39, 0.29) is 12.8 Å². The van der Waals surface area contributed by atoms with E-state index in [0.717, 1.165) is 38.5 Å². The molecule has 1 aliphatic rings. The van der Waals surface area contributed by atoms with Crippen LogP contribution in [0.1, 0.15) is 373 Å². The molecule has 11 nitrogen and oxygen atoms in total. The number of hydrogen-bond donors (Lipinski definition) is 8. The number of rotatable bonds is 67. The Balaban J connectivity index is 2.19. The second-order valence-corrected chi connectivity index (χ2v) is 26.7. The largest absolute Gasteiger partial charge is 0.394 e. The molecular formula is C76H145NO10. The number of carbonyl (C=O) groups excluding carboxylic acids is 1. The second-order valence-electron chi connectivity index (χ2n) is 26.7. The predicted octanol–water partition coefficient (Wildman–Crippen LogP) is 18.9. The Morgan fingerprint density at radius 3 is 1.02 bits per heavy atom. The molecule has 0 radical (unpaired) electrons. The van der Waals surface area contributed by atoms with Crippen LogP contribution >= 0.6 is 0 Å². The van der Waals surface area contributed by atoms with Gasteiger partial charge in [0.1, 0.15) is 36.6 Å². The first-order chi connectivity index (χ1) is 42.7. The van der Waals surface area contributed by atoms with Gasteiger partial charge >= 0.3 is 0 Å². The van der Waals surface area contributed by atoms with Crippen molar-refractivity contribution in [3.05, 3.63) is 36.5 Å². The maximum atomic E-state index is 13.3. The molecule has 1 fully saturated rings. The third-order valence-electron chi connectivity index (χ3n) is 18.4. The SMILES string of the molecule is CCCCCCCCCCCCCC/C=C\CCCCCCCCCCCCCCCCC(O)C(=O)NC(COC1OC(CO)C(O)C(O)C1O)C(O)C(O)CCC/C=C/CC/C=C/CCCCCCCCCCCCCCCCCCCCCCC. The first-order valence-corrected chi connectivity index (χ1v) is 37.9. The molecule has 0 aliphatic carbocycles. The highest BCUT2D eigenvalue weighted by atomic mass is 16.7. The summed E-state index contributed by atoms with van der Waals surface area (Å²) in [6, 6.07) is -1.19. The van der Waals surface area contributed by atoms with Gasteiger partial charge in [-0.1, -0.05) is 333 Å². The number of amides is 1. The zero-order valence-corrected chi connectivity index (χ0v) is 57.0. The van der Waals surface area contributed by atoms with Gasteiger partial charge in [0.2, 0.25) is 5.91 Å². The van der Waals surface area contributed by atoms with Gasteiger partial charge in [0, 0.05) is 0 Å². The molecule has 11 heteroatoms. The summed E-state index contributed by atoms with van der Waals surface area (Å²) in [6.07, 6.45) is 72.5. The van der Waals surface area contributed by atoms with Gasteiger partial charge in [-0.05, 0) is 77.0 Å². The lowest BCUT2D eigenvalue weighted by Gasteiger charge is -2.40. The minimum Gasteiger partial charge on any atom is -0.394 e. The maximum Gasteiger partial charge on any atom is 0.249 e. The Bertz CT molecular complexity index is 1510. The normalized spacial score (nSPS) is 18.8. The molecular weight excluding hydrogens is 1090 g/mol. The van der Waals surface area contributed by atoms with Crippen molar-refractivity contribution in [2.45, 2.75) is 428 Å². The molecule has 1 aliphatic heterocycles. The summed E-state index contributed by atoms with van der Waals surface area (Å²) in [5, 5.41) is 76.6. The molecule has 0 aromatic heterocycles. The monoisotopic (exact) mass is 1230 g/mol. The number of nitrogens with one attached hydrogen (secondary N) is 1. The predicted molar refractivity (Wildman–Crippen MR) is 367 cm³/mol. The Hall–Kier alpha value is -1.67. The molecule has 9 unspecified atom stereocenters. The molecule has 0 bridgehead atoms. The summed E-state index contributed by atoms with van der Waals surface area (Å²) >= 11 is 0. The maximum absolute atomic E-state index is 13.3. The average molecular weight is 1230 g/mol. The smallest absolute Gasteiger partial charge is 0.249 e. The van der Waals surface area contributed by atoms with Crippen LogP contribution in [0.25, 0.3) is 0 Å². The number of ether oxygens (including phenoxy) is 2. The highest BCUT2D eigenvalue weighted by molar-refractivity contribution is 5.80.